The highest BCUT2D eigenvalue weighted by Gasteiger charge is 2.25. The molecule has 10 heteroatoms. The Morgan fingerprint density at radius 3 is 2.17 bits per heavy atom. The third-order valence-corrected chi connectivity index (χ3v) is 4.30. The second-order valence-corrected chi connectivity index (χ2v) is 7.85. The van der Waals surface area contributed by atoms with Crippen LogP contribution in [0.1, 0.15) is 44.0 Å². The smallest absolute Gasteiger partial charge is 0.408 e. The number of aromatic hydroxyl groups is 3. The Morgan fingerprint density at radius 1 is 1.10 bits per heavy atom. The van der Waals surface area contributed by atoms with Gasteiger partial charge in [0.2, 0.25) is 5.91 Å². The van der Waals surface area contributed by atoms with Crippen LogP contribution in [-0.4, -0.2) is 69.4 Å². The lowest BCUT2D eigenvalue weighted by molar-refractivity contribution is -0.131. The zero-order valence-electron chi connectivity index (χ0n) is 16.7. The molecule has 5 N–H and O–H groups in total. The Kier molecular flexibility index (Phi) is 6.78. The second-order valence-electron chi connectivity index (χ2n) is 7.85. The number of likely N-dealkylation sites (tertiary alicyclic amines) is 1. The molecule has 2 rings (SSSR count). The van der Waals surface area contributed by atoms with Gasteiger partial charge in [-0.3, -0.25) is 9.59 Å². The molecule has 0 saturated carbocycles. The normalized spacial score (nSPS) is 14.9. The van der Waals surface area contributed by atoms with E-state index in [9.17, 15) is 29.7 Å². The summed E-state index contributed by atoms with van der Waals surface area (Å²) in [4.78, 5) is 37.7. The molecule has 1 aliphatic rings. The molecule has 0 aromatic heterocycles. The van der Waals surface area contributed by atoms with Gasteiger partial charge in [-0.2, -0.15) is 0 Å². The molecule has 0 atom stereocenters. The molecule has 160 valence electrons. The van der Waals surface area contributed by atoms with Crippen molar-refractivity contribution in [3.05, 3.63) is 17.7 Å². The molecule has 0 spiro atoms. The molecule has 0 radical (unpaired) electrons. The number of piperidine rings is 1. The number of ether oxygens (including phenoxy) is 1. The molecular formula is C19H27N3O7. The highest BCUT2D eigenvalue weighted by atomic mass is 16.6. The van der Waals surface area contributed by atoms with Crippen LogP contribution in [0.25, 0.3) is 0 Å². The van der Waals surface area contributed by atoms with Gasteiger partial charge in [-0.25, -0.2) is 4.79 Å². The standard InChI is InChI=1S/C19H27N3O7/c1-19(2,3)29-18(28)20-10-15(25)22-6-4-12(5-7-22)21-17(27)11-8-13(23)16(26)14(24)9-11/h8-9,12,23-24,26H,4-7,10H2,1-3H3,(H,20,28)(H,21,27). The van der Waals surface area contributed by atoms with Crippen molar-refractivity contribution in [2.24, 2.45) is 0 Å². The molecular weight excluding hydrogens is 382 g/mol. The number of carbonyl (C=O) groups excluding carboxylic acids is 3. The Hall–Kier alpha value is -3.17. The van der Waals surface area contributed by atoms with Crippen LogP contribution in [0.5, 0.6) is 17.2 Å². The van der Waals surface area contributed by atoms with Crippen molar-refractivity contribution in [1.29, 1.82) is 0 Å². The lowest BCUT2D eigenvalue weighted by Gasteiger charge is -2.32. The minimum atomic E-state index is -0.687. The molecule has 29 heavy (non-hydrogen) atoms. The molecule has 1 fully saturated rings. The number of amides is 3. The summed E-state index contributed by atoms with van der Waals surface area (Å²) >= 11 is 0. The van der Waals surface area contributed by atoms with E-state index in [1.54, 1.807) is 25.7 Å². The summed E-state index contributed by atoms with van der Waals surface area (Å²) in [7, 11) is 0. The third-order valence-electron chi connectivity index (χ3n) is 4.30. The number of rotatable bonds is 4. The van der Waals surface area contributed by atoms with Gasteiger partial charge in [-0.1, -0.05) is 0 Å². The maximum absolute atomic E-state index is 12.3. The number of carbonyl (C=O) groups is 3. The lowest BCUT2D eigenvalue weighted by atomic mass is 10.0. The molecule has 1 aliphatic heterocycles. The van der Waals surface area contributed by atoms with Crippen LogP contribution in [-0.2, 0) is 9.53 Å². The zero-order chi connectivity index (χ0) is 21.8. The fraction of sp³-hybridized carbons (Fsp3) is 0.526. The van der Waals surface area contributed by atoms with E-state index in [4.69, 9.17) is 4.74 Å². The number of phenolic OH excluding ortho intramolecular Hbond substituents is 3. The maximum Gasteiger partial charge on any atom is 0.408 e. The summed E-state index contributed by atoms with van der Waals surface area (Å²) in [5, 5.41) is 33.6. The first-order valence-electron chi connectivity index (χ1n) is 9.26. The van der Waals surface area contributed by atoms with Crippen LogP contribution in [0.2, 0.25) is 0 Å². The summed E-state index contributed by atoms with van der Waals surface area (Å²) in [6, 6.07) is 1.93. The van der Waals surface area contributed by atoms with Crippen molar-refractivity contribution in [3.8, 4) is 17.2 Å². The van der Waals surface area contributed by atoms with Gasteiger partial charge in [0.25, 0.3) is 5.91 Å². The molecule has 1 aromatic carbocycles. The van der Waals surface area contributed by atoms with Crippen LogP contribution in [0.15, 0.2) is 12.1 Å². The molecule has 0 bridgehead atoms. The van der Waals surface area contributed by atoms with E-state index in [0.29, 0.717) is 25.9 Å². The van der Waals surface area contributed by atoms with Crippen molar-refractivity contribution >= 4 is 17.9 Å². The zero-order valence-corrected chi connectivity index (χ0v) is 16.7. The van der Waals surface area contributed by atoms with E-state index in [2.05, 4.69) is 10.6 Å². The van der Waals surface area contributed by atoms with Gasteiger partial charge < -0.3 is 35.6 Å². The van der Waals surface area contributed by atoms with Gasteiger partial charge in [0.1, 0.15) is 12.1 Å². The van der Waals surface area contributed by atoms with Crippen molar-refractivity contribution in [2.45, 2.75) is 45.3 Å². The Labute approximate surface area is 168 Å². The van der Waals surface area contributed by atoms with Crippen molar-refractivity contribution < 1.29 is 34.4 Å². The topological polar surface area (TPSA) is 148 Å². The fourth-order valence-electron chi connectivity index (χ4n) is 2.85. The van der Waals surface area contributed by atoms with Crippen molar-refractivity contribution in [3.63, 3.8) is 0 Å². The number of nitrogens with one attached hydrogen (secondary N) is 2. The van der Waals surface area contributed by atoms with Gasteiger partial charge in [-0.15, -0.1) is 0 Å². The molecule has 1 aromatic rings. The van der Waals surface area contributed by atoms with Gasteiger partial charge in [-0.05, 0) is 45.7 Å². The van der Waals surface area contributed by atoms with E-state index in [1.807, 2.05) is 0 Å². The second kappa shape index (κ2) is 8.89. The van der Waals surface area contributed by atoms with Gasteiger partial charge >= 0.3 is 6.09 Å². The Balaban J connectivity index is 1.79. The predicted molar refractivity (Wildman–Crippen MR) is 103 cm³/mol. The fourth-order valence-corrected chi connectivity index (χ4v) is 2.85. The van der Waals surface area contributed by atoms with E-state index >= 15 is 0 Å². The molecule has 1 saturated heterocycles. The number of nitrogens with zero attached hydrogens (tertiary/aromatic N) is 1. The predicted octanol–water partition coefficient (Wildman–Crippen LogP) is 1.05. The SMILES string of the molecule is CC(C)(C)OC(=O)NCC(=O)N1CCC(NC(=O)c2cc(O)c(O)c(O)c2)CC1. The minimum absolute atomic E-state index is 0.0119. The number of hydrogen-bond donors (Lipinski definition) is 5. The average molecular weight is 409 g/mol. The Morgan fingerprint density at radius 2 is 1.66 bits per heavy atom. The average Bonchev–Trinajstić information content (AvgIpc) is 2.63. The summed E-state index contributed by atoms with van der Waals surface area (Å²) in [5.41, 5.74) is -0.632. The first kappa shape index (κ1) is 22.1. The quantitative estimate of drug-likeness (QED) is 0.467. The highest BCUT2D eigenvalue weighted by Crippen LogP contribution is 2.35. The van der Waals surface area contributed by atoms with Crippen LogP contribution < -0.4 is 10.6 Å². The summed E-state index contributed by atoms with van der Waals surface area (Å²) in [6.07, 6.45) is 0.369. The first-order chi connectivity index (χ1) is 13.5. The van der Waals surface area contributed by atoms with E-state index in [0.717, 1.165) is 12.1 Å². The summed E-state index contributed by atoms with van der Waals surface area (Å²) in [6.45, 7) is 5.84. The number of benzene rings is 1. The Bertz CT molecular complexity index is 757. The molecule has 3 amide bonds. The van der Waals surface area contributed by atoms with Crippen LogP contribution in [0, 0.1) is 0 Å². The largest absolute Gasteiger partial charge is 0.504 e. The number of hydrogen-bond acceptors (Lipinski definition) is 7. The first-order valence-corrected chi connectivity index (χ1v) is 9.26. The van der Waals surface area contributed by atoms with E-state index < -0.39 is 34.9 Å². The van der Waals surface area contributed by atoms with Crippen LogP contribution in [0.4, 0.5) is 4.79 Å². The van der Waals surface area contributed by atoms with Crippen molar-refractivity contribution in [1.82, 2.24) is 15.5 Å². The van der Waals surface area contributed by atoms with Gasteiger partial charge in [0.05, 0.1) is 0 Å². The lowest BCUT2D eigenvalue weighted by Crippen LogP contribution is -2.49. The maximum atomic E-state index is 12.3. The van der Waals surface area contributed by atoms with Crippen LogP contribution >= 0.6 is 0 Å². The van der Waals surface area contributed by atoms with Gasteiger partial charge in [0.15, 0.2) is 17.2 Å². The van der Waals surface area contributed by atoms with E-state index in [-0.39, 0.29) is 24.1 Å². The van der Waals surface area contributed by atoms with Crippen molar-refractivity contribution in [2.75, 3.05) is 19.6 Å². The monoisotopic (exact) mass is 409 g/mol. The minimum Gasteiger partial charge on any atom is -0.504 e. The number of alkyl carbamates (subject to hydrolysis) is 1. The van der Waals surface area contributed by atoms with E-state index in [1.165, 1.54) is 0 Å². The number of phenols is 3. The van der Waals surface area contributed by atoms with Crippen LogP contribution in [0.3, 0.4) is 0 Å². The molecule has 0 aliphatic carbocycles. The summed E-state index contributed by atoms with van der Waals surface area (Å²) < 4.78 is 5.08. The van der Waals surface area contributed by atoms with Gasteiger partial charge in [0, 0.05) is 24.7 Å². The molecule has 10 nitrogen and oxygen atoms in total. The third kappa shape index (κ3) is 6.44. The molecule has 1 heterocycles. The highest BCUT2D eigenvalue weighted by molar-refractivity contribution is 5.95. The summed E-state index contributed by atoms with van der Waals surface area (Å²) in [5.74, 6) is -2.62. The molecule has 0 unspecified atom stereocenters.